The summed E-state index contributed by atoms with van der Waals surface area (Å²) in [5, 5.41) is 20.4. The second-order valence-electron chi connectivity index (χ2n) is 2.85. The van der Waals surface area contributed by atoms with Gasteiger partial charge in [-0.15, -0.1) is 0 Å². The third-order valence-corrected chi connectivity index (χ3v) is 2.73. The molecule has 1 aromatic rings. The van der Waals surface area contributed by atoms with Gasteiger partial charge in [-0.05, 0) is 12.1 Å². The quantitative estimate of drug-likeness (QED) is 0.416. The van der Waals surface area contributed by atoms with Crippen molar-refractivity contribution in [3.05, 3.63) is 29.3 Å². The summed E-state index contributed by atoms with van der Waals surface area (Å²) in [6, 6.07) is 2.12. The zero-order valence-electron chi connectivity index (χ0n) is 9.61. The maximum atomic E-state index is 10.8. The molecule has 0 unspecified atom stereocenters. The van der Waals surface area contributed by atoms with E-state index in [4.69, 9.17) is 9.79 Å². The summed E-state index contributed by atoms with van der Waals surface area (Å²) in [6.07, 6.45) is 0. The Hall–Kier alpha value is 1.58. The van der Waals surface area contributed by atoms with Crippen LogP contribution in [-0.4, -0.2) is 21.7 Å². The van der Waals surface area contributed by atoms with Crippen LogP contribution in [0.4, 0.5) is 0 Å². The van der Waals surface area contributed by atoms with Crippen LogP contribution in [0.1, 0.15) is 20.7 Å². The Morgan fingerprint density at radius 1 is 1.00 bits per heavy atom. The number of benzene rings is 1. The van der Waals surface area contributed by atoms with Gasteiger partial charge in [-0.3, -0.25) is 4.57 Å². The molecule has 0 fully saturated rings. The second kappa shape index (κ2) is 8.78. The molecule has 7 nitrogen and oxygen atoms in total. The van der Waals surface area contributed by atoms with Gasteiger partial charge in [0.05, 0.1) is 17.2 Å². The fraction of sp³-hybridized carbons (Fsp3) is 0. The maximum absolute atomic E-state index is 10.8. The van der Waals surface area contributed by atoms with Gasteiger partial charge < -0.3 is 29.6 Å². The van der Waals surface area contributed by atoms with Crippen LogP contribution in [-0.2, 0) is 4.57 Å². The number of carbonyl (C=O) groups excluding carboxylic acids is 2. The Morgan fingerprint density at radius 3 is 1.78 bits per heavy atom. The first-order valence-corrected chi connectivity index (χ1v) is 5.47. The SMILES string of the molecule is O=C([O-])c1ccc(P(=O)(O)O)cc1C(=O)[O-].[K+].[K+]. The third-order valence-electron chi connectivity index (χ3n) is 1.78. The van der Waals surface area contributed by atoms with Gasteiger partial charge in [-0.1, -0.05) is 6.07 Å². The summed E-state index contributed by atoms with van der Waals surface area (Å²) in [5.41, 5.74) is -1.53. The Kier molecular flexibility index (Phi) is 10.7. The van der Waals surface area contributed by atoms with Gasteiger partial charge in [0.25, 0.3) is 0 Å². The third kappa shape index (κ3) is 5.92. The second-order valence-corrected chi connectivity index (χ2v) is 4.45. The molecule has 1 rings (SSSR count). The molecule has 0 saturated heterocycles. The monoisotopic (exact) mass is 322 g/mol. The molecule has 0 aliphatic heterocycles. The molecule has 0 heterocycles. The van der Waals surface area contributed by atoms with Crippen molar-refractivity contribution in [1.82, 2.24) is 0 Å². The summed E-state index contributed by atoms with van der Waals surface area (Å²) < 4.78 is 10.8. The van der Waals surface area contributed by atoms with Crippen molar-refractivity contribution < 1.29 is 137 Å². The Bertz CT molecular complexity index is 510. The summed E-state index contributed by atoms with van der Waals surface area (Å²) in [4.78, 5) is 38.6. The average Bonchev–Trinajstić information content (AvgIpc) is 2.15. The molecule has 0 radical (unpaired) electrons. The van der Waals surface area contributed by atoms with Gasteiger partial charge in [-0.2, -0.15) is 0 Å². The molecule has 0 amide bonds. The van der Waals surface area contributed by atoms with Crippen molar-refractivity contribution in [3.8, 4) is 0 Å². The van der Waals surface area contributed by atoms with Crippen LogP contribution in [0.15, 0.2) is 18.2 Å². The molecule has 10 heteroatoms. The first-order chi connectivity index (χ1) is 7.23. The predicted molar refractivity (Wildman–Crippen MR) is 46.8 cm³/mol. The fourth-order valence-electron chi connectivity index (χ4n) is 1.06. The number of rotatable bonds is 3. The van der Waals surface area contributed by atoms with E-state index in [1.54, 1.807) is 0 Å². The zero-order valence-corrected chi connectivity index (χ0v) is 16.8. The van der Waals surface area contributed by atoms with Gasteiger partial charge in [0, 0.05) is 11.1 Å². The molecule has 0 aliphatic rings. The molecule has 86 valence electrons. The van der Waals surface area contributed by atoms with Gasteiger partial charge >= 0.3 is 110 Å². The summed E-state index contributed by atoms with van der Waals surface area (Å²) in [5.74, 6) is -3.62. The fourth-order valence-corrected chi connectivity index (χ4v) is 1.63. The van der Waals surface area contributed by atoms with E-state index < -0.39 is 36.0 Å². The minimum Gasteiger partial charge on any atom is -0.545 e. The molecule has 0 saturated carbocycles. The van der Waals surface area contributed by atoms with Crippen LogP contribution in [0, 0.1) is 0 Å². The molecule has 0 atom stereocenters. The normalized spacial score (nSPS) is 9.89. The molecule has 18 heavy (non-hydrogen) atoms. The molecule has 0 aliphatic carbocycles. The molecule has 2 N–H and O–H groups in total. The molecule has 0 spiro atoms. The number of hydrogen-bond donors (Lipinski definition) is 2. The van der Waals surface area contributed by atoms with E-state index in [9.17, 15) is 24.4 Å². The van der Waals surface area contributed by atoms with E-state index in [0.717, 1.165) is 12.1 Å². The molecule has 0 bridgehead atoms. The summed E-state index contributed by atoms with van der Waals surface area (Å²) >= 11 is 0. The van der Waals surface area contributed by atoms with Crippen molar-refractivity contribution >= 4 is 24.8 Å². The van der Waals surface area contributed by atoms with Gasteiger partial charge in [-0.25, -0.2) is 0 Å². The van der Waals surface area contributed by atoms with Crippen LogP contribution in [0.2, 0.25) is 0 Å². The van der Waals surface area contributed by atoms with Crippen molar-refractivity contribution in [1.29, 1.82) is 0 Å². The molecule has 0 aromatic heterocycles. The standard InChI is InChI=1S/C8H7O7P.2K/c9-7(10)5-2-1-4(16(13,14)15)3-6(5)8(11)12;;/h1-3H,(H,9,10)(H,11,12)(H2,13,14,15);;/q;2*+1/p-2. The van der Waals surface area contributed by atoms with Crippen LogP contribution < -0.4 is 118 Å². The van der Waals surface area contributed by atoms with E-state index in [2.05, 4.69) is 0 Å². The van der Waals surface area contributed by atoms with Crippen LogP contribution in [0.5, 0.6) is 0 Å². The maximum Gasteiger partial charge on any atom is 1.00 e. The van der Waals surface area contributed by atoms with Crippen LogP contribution >= 0.6 is 7.60 Å². The summed E-state index contributed by atoms with van der Waals surface area (Å²) in [7, 11) is -4.64. The van der Waals surface area contributed by atoms with Crippen molar-refractivity contribution in [2.24, 2.45) is 0 Å². The topological polar surface area (TPSA) is 138 Å². The minimum absolute atomic E-state index is 0. The Balaban J connectivity index is 0. The van der Waals surface area contributed by atoms with Gasteiger partial charge in [0.15, 0.2) is 0 Å². The van der Waals surface area contributed by atoms with E-state index in [1.807, 2.05) is 0 Å². The first-order valence-electron chi connectivity index (χ1n) is 3.86. The molecule has 1 aromatic carbocycles. The number of carboxylic acids is 2. The number of carboxylic acid groups (broad SMARTS) is 2. The van der Waals surface area contributed by atoms with Crippen LogP contribution in [0.25, 0.3) is 0 Å². The van der Waals surface area contributed by atoms with E-state index in [1.165, 1.54) is 0 Å². The van der Waals surface area contributed by atoms with E-state index in [-0.39, 0.29) is 103 Å². The van der Waals surface area contributed by atoms with E-state index >= 15 is 0 Å². The average molecular weight is 322 g/mol. The summed E-state index contributed by atoms with van der Waals surface area (Å²) in [6.45, 7) is 0. The predicted octanol–water partition coefficient (Wildman–Crippen LogP) is -8.78. The van der Waals surface area contributed by atoms with Gasteiger partial charge in [0.2, 0.25) is 0 Å². The Morgan fingerprint density at radius 2 is 1.44 bits per heavy atom. The number of aromatic carboxylic acids is 2. The minimum atomic E-state index is -4.64. The number of hydrogen-bond acceptors (Lipinski definition) is 5. The van der Waals surface area contributed by atoms with Crippen molar-refractivity contribution in [2.45, 2.75) is 0 Å². The van der Waals surface area contributed by atoms with E-state index in [0.29, 0.717) is 6.07 Å². The largest absolute Gasteiger partial charge is 1.00 e. The smallest absolute Gasteiger partial charge is 0.545 e. The van der Waals surface area contributed by atoms with Crippen molar-refractivity contribution in [2.75, 3.05) is 0 Å². The van der Waals surface area contributed by atoms with Crippen molar-refractivity contribution in [3.63, 3.8) is 0 Å². The van der Waals surface area contributed by atoms with Gasteiger partial charge in [0.1, 0.15) is 0 Å². The molecular weight excluding hydrogens is 317 g/mol. The first kappa shape index (κ1) is 21.9. The molecular formula is C8H5K2O7P. The zero-order chi connectivity index (χ0) is 12.5. The van der Waals surface area contributed by atoms with Crippen LogP contribution in [0.3, 0.4) is 0 Å². The Labute approximate surface area is 187 Å². The number of carbonyl (C=O) groups is 2.